The smallest absolute Gasteiger partial charge is 0.253 e. The van der Waals surface area contributed by atoms with E-state index in [0.717, 1.165) is 17.0 Å². The normalized spacial score (nSPS) is 11.8. The van der Waals surface area contributed by atoms with Crippen LogP contribution in [0.3, 0.4) is 0 Å². The van der Waals surface area contributed by atoms with Crippen molar-refractivity contribution in [3.8, 4) is 11.5 Å². The number of carbonyl (C=O) groups is 1. The van der Waals surface area contributed by atoms with Gasteiger partial charge in [0.1, 0.15) is 0 Å². The molecule has 118 valence electrons. The van der Waals surface area contributed by atoms with Gasteiger partial charge in [-0.3, -0.25) is 9.78 Å². The molecule has 0 unspecified atom stereocenters. The summed E-state index contributed by atoms with van der Waals surface area (Å²) in [4.78, 5) is 16.3. The first kappa shape index (κ1) is 14.9. The Balaban J connectivity index is 1.62. The summed E-state index contributed by atoms with van der Waals surface area (Å²) in [5.41, 5.74) is 2.22. The molecule has 2 N–H and O–H groups in total. The summed E-state index contributed by atoms with van der Waals surface area (Å²) in [7, 11) is 0. The van der Waals surface area contributed by atoms with E-state index in [1.165, 1.54) is 6.20 Å². The Hall–Kier alpha value is -3.02. The molecule has 1 aromatic heterocycles. The van der Waals surface area contributed by atoms with E-state index in [1.807, 2.05) is 18.2 Å². The molecule has 1 aromatic carbocycles. The number of benzene rings is 1. The van der Waals surface area contributed by atoms with Crippen LogP contribution in [0.4, 0.5) is 5.69 Å². The molecule has 0 fully saturated rings. The second-order valence-corrected chi connectivity index (χ2v) is 5.00. The number of aromatic nitrogens is 1. The van der Waals surface area contributed by atoms with Gasteiger partial charge in [0.15, 0.2) is 11.5 Å². The van der Waals surface area contributed by atoms with Crippen LogP contribution in [-0.2, 0) is 6.54 Å². The molecule has 23 heavy (non-hydrogen) atoms. The quantitative estimate of drug-likeness (QED) is 0.801. The second kappa shape index (κ2) is 6.83. The highest BCUT2D eigenvalue weighted by atomic mass is 16.7. The van der Waals surface area contributed by atoms with Gasteiger partial charge in [0.25, 0.3) is 5.91 Å². The van der Waals surface area contributed by atoms with Crippen molar-refractivity contribution in [2.75, 3.05) is 18.7 Å². The largest absolute Gasteiger partial charge is 0.454 e. The molecule has 0 saturated carbocycles. The summed E-state index contributed by atoms with van der Waals surface area (Å²) >= 11 is 0. The molecule has 1 amide bonds. The molecule has 0 bridgehead atoms. The van der Waals surface area contributed by atoms with Crippen molar-refractivity contribution in [3.05, 3.63) is 60.4 Å². The number of nitrogens with zero attached hydrogens (tertiary/aromatic N) is 1. The maximum Gasteiger partial charge on any atom is 0.253 e. The van der Waals surface area contributed by atoms with E-state index in [1.54, 1.807) is 18.3 Å². The number of rotatable bonds is 6. The van der Waals surface area contributed by atoms with Crippen LogP contribution in [-0.4, -0.2) is 24.2 Å². The molecule has 1 aliphatic heterocycles. The fourth-order valence-electron chi connectivity index (χ4n) is 2.19. The standard InChI is InChI=1S/C17H17N3O3/c1-2-5-19-14-7-13(9-18-10-14)17(21)20-8-12-3-4-15-16(6-12)23-11-22-15/h2-4,6-7,9-10,19H,1,5,8,11H2,(H,20,21). The summed E-state index contributed by atoms with van der Waals surface area (Å²) in [6.07, 6.45) is 4.94. The van der Waals surface area contributed by atoms with Crippen molar-refractivity contribution >= 4 is 11.6 Å². The molecule has 3 rings (SSSR count). The monoisotopic (exact) mass is 311 g/mol. The second-order valence-electron chi connectivity index (χ2n) is 5.00. The molecule has 6 heteroatoms. The Morgan fingerprint density at radius 3 is 3.00 bits per heavy atom. The van der Waals surface area contributed by atoms with E-state index in [-0.39, 0.29) is 12.7 Å². The zero-order chi connectivity index (χ0) is 16.1. The van der Waals surface area contributed by atoms with Crippen molar-refractivity contribution in [2.45, 2.75) is 6.54 Å². The van der Waals surface area contributed by atoms with Gasteiger partial charge in [0, 0.05) is 25.5 Å². The fourth-order valence-corrected chi connectivity index (χ4v) is 2.19. The van der Waals surface area contributed by atoms with Crippen LogP contribution in [0, 0.1) is 0 Å². The highest BCUT2D eigenvalue weighted by Gasteiger charge is 2.13. The zero-order valence-corrected chi connectivity index (χ0v) is 12.5. The van der Waals surface area contributed by atoms with Gasteiger partial charge >= 0.3 is 0 Å². The van der Waals surface area contributed by atoms with Gasteiger partial charge in [0.2, 0.25) is 6.79 Å². The third-order valence-corrected chi connectivity index (χ3v) is 3.34. The van der Waals surface area contributed by atoms with Gasteiger partial charge in [-0.15, -0.1) is 6.58 Å². The summed E-state index contributed by atoms with van der Waals surface area (Å²) in [6, 6.07) is 7.35. The lowest BCUT2D eigenvalue weighted by molar-refractivity contribution is 0.0950. The van der Waals surface area contributed by atoms with Crippen molar-refractivity contribution in [3.63, 3.8) is 0 Å². The molecule has 0 radical (unpaired) electrons. The Labute approximate surface area is 134 Å². The van der Waals surface area contributed by atoms with Crippen LogP contribution in [0.1, 0.15) is 15.9 Å². The van der Waals surface area contributed by atoms with E-state index < -0.39 is 0 Å². The Kier molecular flexibility index (Phi) is 4.42. The number of fused-ring (bicyclic) bond motifs is 1. The Bertz CT molecular complexity index is 731. The molecule has 0 spiro atoms. The summed E-state index contributed by atoms with van der Waals surface area (Å²) in [6.45, 7) is 4.89. The molecular formula is C17H17N3O3. The molecule has 0 saturated heterocycles. The van der Waals surface area contributed by atoms with Crippen LogP contribution < -0.4 is 20.1 Å². The minimum absolute atomic E-state index is 0.183. The van der Waals surface area contributed by atoms with Crippen LogP contribution in [0.15, 0.2) is 49.3 Å². The lowest BCUT2D eigenvalue weighted by Crippen LogP contribution is -2.23. The van der Waals surface area contributed by atoms with Gasteiger partial charge in [-0.1, -0.05) is 12.1 Å². The van der Waals surface area contributed by atoms with E-state index >= 15 is 0 Å². The minimum atomic E-state index is -0.183. The molecule has 6 nitrogen and oxygen atoms in total. The molecule has 2 heterocycles. The average molecular weight is 311 g/mol. The first-order chi connectivity index (χ1) is 11.3. The lowest BCUT2D eigenvalue weighted by atomic mass is 10.2. The highest BCUT2D eigenvalue weighted by molar-refractivity contribution is 5.94. The van der Waals surface area contributed by atoms with Gasteiger partial charge in [-0.2, -0.15) is 0 Å². The number of pyridine rings is 1. The maximum absolute atomic E-state index is 12.2. The van der Waals surface area contributed by atoms with Gasteiger partial charge < -0.3 is 20.1 Å². The van der Waals surface area contributed by atoms with Gasteiger partial charge in [-0.05, 0) is 23.8 Å². The molecule has 0 aliphatic carbocycles. The third kappa shape index (κ3) is 3.60. The third-order valence-electron chi connectivity index (χ3n) is 3.34. The van der Waals surface area contributed by atoms with Crippen molar-refractivity contribution < 1.29 is 14.3 Å². The van der Waals surface area contributed by atoms with Crippen molar-refractivity contribution in [1.82, 2.24) is 10.3 Å². The van der Waals surface area contributed by atoms with Crippen LogP contribution in [0.25, 0.3) is 0 Å². The minimum Gasteiger partial charge on any atom is -0.454 e. The number of carbonyl (C=O) groups excluding carboxylic acids is 1. The number of ether oxygens (including phenoxy) is 2. The predicted molar refractivity (Wildman–Crippen MR) is 86.7 cm³/mol. The van der Waals surface area contributed by atoms with Crippen molar-refractivity contribution in [1.29, 1.82) is 0 Å². The van der Waals surface area contributed by atoms with E-state index in [0.29, 0.717) is 24.4 Å². The summed E-state index contributed by atoms with van der Waals surface area (Å²) < 4.78 is 10.6. The van der Waals surface area contributed by atoms with Gasteiger partial charge in [0.05, 0.1) is 11.3 Å². The number of hydrogen-bond acceptors (Lipinski definition) is 5. The maximum atomic E-state index is 12.2. The number of nitrogens with one attached hydrogen (secondary N) is 2. The fraction of sp³-hybridized carbons (Fsp3) is 0.176. The number of amides is 1. The van der Waals surface area contributed by atoms with Crippen LogP contribution in [0.5, 0.6) is 11.5 Å². The summed E-state index contributed by atoms with van der Waals surface area (Å²) in [5.74, 6) is 1.25. The summed E-state index contributed by atoms with van der Waals surface area (Å²) in [5, 5.41) is 5.97. The first-order valence-electron chi connectivity index (χ1n) is 7.23. The lowest BCUT2D eigenvalue weighted by Gasteiger charge is -2.08. The van der Waals surface area contributed by atoms with Crippen LogP contribution in [0.2, 0.25) is 0 Å². The number of hydrogen-bond donors (Lipinski definition) is 2. The molecule has 0 atom stereocenters. The Morgan fingerprint density at radius 1 is 1.26 bits per heavy atom. The highest BCUT2D eigenvalue weighted by Crippen LogP contribution is 2.32. The van der Waals surface area contributed by atoms with Crippen molar-refractivity contribution in [2.24, 2.45) is 0 Å². The van der Waals surface area contributed by atoms with E-state index in [4.69, 9.17) is 9.47 Å². The number of anilines is 1. The van der Waals surface area contributed by atoms with Crippen LogP contribution >= 0.6 is 0 Å². The Morgan fingerprint density at radius 2 is 2.13 bits per heavy atom. The molecular weight excluding hydrogens is 294 g/mol. The van der Waals surface area contributed by atoms with Gasteiger partial charge in [-0.25, -0.2) is 0 Å². The topological polar surface area (TPSA) is 72.5 Å². The predicted octanol–water partition coefficient (Wildman–Crippen LogP) is 2.34. The average Bonchev–Trinajstić information content (AvgIpc) is 3.05. The zero-order valence-electron chi connectivity index (χ0n) is 12.5. The van der Waals surface area contributed by atoms with E-state index in [2.05, 4.69) is 22.2 Å². The molecule has 2 aromatic rings. The first-order valence-corrected chi connectivity index (χ1v) is 7.23. The SMILES string of the molecule is C=CCNc1cncc(C(=O)NCc2ccc3c(c2)OCO3)c1. The van der Waals surface area contributed by atoms with E-state index in [9.17, 15) is 4.79 Å². The molecule has 1 aliphatic rings.